The lowest BCUT2D eigenvalue weighted by Gasteiger charge is -2.06. The topological polar surface area (TPSA) is 110 Å². The third-order valence-corrected chi connectivity index (χ3v) is 4.87. The van der Waals surface area contributed by atoms with Gasteiger partial charge in [-0.15, -0.1) is 0 Å². The van der Waals surface area contributed by atoms with E-state index in [1.165, 1.54) is 24.3 Å². The van der Waals surface area contributed by atoms with Crippen LogP contribution in [-0.4, -0.2) is 30.6 Å². The molecule has 3 rings (SSSR count). The van der Waals surface area contributed by atoms with E-state index in [1.807, 2.05) is 19.1 Å². The van der Waals surface area contributed by atoms with Gasteiger partial charge in [0.1, 0.15) is 11.5 Å². The second-order valence-corrected chi connectivity index (χ2v) is 7.34. The summed E-state index contributed by atoms with van der Waals surface area (Å²) in [6.45, 7) is 3.91. The van der Waals surface area contributed by atoms with Crippen LogP contribution in [0.1, 0.15) is 34.4 Å². The molecule has 0 fully saturated rings. The fourth-order valence-electron chi connectivity index (χ4n) is 2.70. The largest absolute Gasteiger partial charge is 0.462 e. The Balaban J connectivity index is 1.49. The van der Waals surface area contributed by atoms with Crippen molar-refractivity contribution in [1.29, 1.82) is 0 Å². The summed E-state index contributed by atoms with van der Waals surface area (Å²) in [6.07, 6.45) is 1.54. The molecular weight excluding hydrogens is 446 g/mol. The number of nitrogens with one attached hydrogen (secondary N) is 2. The van der Waals surface area contributed by atoms with Crippen molar-refractivity contribution in [3.05, 3.63) is 82.3 Å². The Morgan fingerprint density at radius 3 is 2.52 bits per heavy atom. The van der Waals surface area contributed by atoms with Gasteiger partial charge in [0.05, 0.1) is 30.6 Å². The van der Waals surface area contributed by atoms with Crippen LogP contribution in [0.3, 0.4) is 0 Å². The first kappa shape index (κ1) is 23.7. The van der Waals surface area contributed by atoms with Crippen LogP contribution in [0.15, 0.2) is 64.0 Å². The van der Waals surface area contributed by atoms with Gasteiger partial charge >= 0.3 is 17.8 Å². The number of hydrogen-bond donors (Lipinski definition) is 2. The molecule has 0 spiro atoms. The molecule has 3 aromatic rings. The van der Waals surface area contributed by atoms with Crippen molar-refractivity contribution in [1.82, 2.24) is 5.32 Å². The number of aryl methyl sites for hydroxylation is 1. The van der Waals surface area contributed by atoms with Gasteiger partial charge < -0.3 is 19.8 Å². The molecule has 0 aliphatic carbocycles. The molecule has 1 aromatic heterocycles. The van der Waals surface area contributed by atoms with E-state index in [1.54, 1.807) is 31.3 Å². The standard InChI is InChI=1S/C24H22ClN3O5/c1-3-32-24(31)16-5-8-17(9-6-16)28-23(30)22(29)27-14-20-11-10-19(33-20)13-26-18-7-4-15(2)21(25)12-18/h4-13H,3,14H2,1-2H3,(H,27,29)(H,28,30). The molecule has 170 valence electrons. The Bertz CT molecular complexity index is 1190. The van der Waals surface area contributed by atoms with Crippen LogP contribution in [0.4, 0.5) is 11.4 Å². The number of carbonyl (C=O) groups is 3. The molecule has 0 unspecified atom stereocenters. The first-order valence-electron chi connectivity index (χ1n) is 10.1. The van der Waals surface area contributed by atoms with Crippen LogP contribution in [0, 0.1) is 6.92 Å². The average molecular weight is 468 g/mol. The quantitative estimate of drug-likeness (QED) is 0.303. The fourth-order valence-corrected chi connectivity index (χ4v) is 2.87. The highest BCUT2D eigenvalue weighted by Gasteiger charge is 2.15. The number of furan rings is 1. The predicted molar refractivity (Wildman–Crippen MR) is 125 cm³/mol. The van der Waals surface area contributed by atoms with Gasteiger partial charge in [-0.25, -0.2) is 4.79 Å². The number of amides is 2. The van der Waals surface area contributed by atoms with Gasteiger partial charge in [-0.1, -0.05) is 17.7 Å². The Morgan fingerprint density at radius 2 is 1.82 bits per heavy atom. The second-order valence-electron chi connectivity index (χ2n) is 6.93. The van der Waals surface area contributed by atoms with Crippen LogP contribution < -0.4 is 10.6 Å². The van der Waals surface area contributed by atoms with Gasteiger partial charge in [0.15, 0.2) is 0 Å². The van der Waals surface area contributed by atoms with Gasteiger partial charge in [-0.3, -0.25) is 14.6 Å². The summed E-state index contributed by atoms with van der Waals surface area (Å²) >= 11 is 6.09. The molecule has 9 heteroatoms. The summed E-state index contributed by atoms with van der Waals surface area (Å²) < 4.78 is 10.5. The molecule has 0 bridgehead atoms. The lowest BCUT2D eigenvalue weighted by Crippen LogP contribution is -2.34. The molecule has 0 aliphatic rings. The number of rotatable bonds is 7. The van der Waals surface area contributed by atoms with E-state index in [0.29, 0.717) is 33.5 Å². The van der Waals surface area contributed by atoms with Crippen molar-refractivity contribution in [2.75, 3.05) is 11.9 Å². The molecular formula is C24H22ClN3O5. The highest BCUT2D eigenvalue weighted by Crippen LogP contribution is 2.22. The van der Waals surface area contributed by atoms with Gasteiger partial charge in [0, 0.05) is 10.7 Å². The molecule has 1 heterocycles. The number of benzene rings is 2. The van der Waals surface area contributed by atoms with Gasteiger partial charge in [0.25, 0.3) is 0 Å². The minimum Gasteiger partial charge on any atom is -0.462 e. The minimum absolute atomic E-state index is 0.0260. The highest BCUT2D eigenvalue weighted by molar-refractivity contribution is 6.39. The zero-order valence-electron chi connectivity index (χ0n) is 18.1. The monoisotopic (exact) mass is 467 g/mol. The van der Waals surface area contributed by atoms with Crippen molar-refractivity contribution in [3.8, 4) is 0 Å². The number of nitrogens with zero attached hydrogens (tertiary/aromatic N) is 1. The Kier molecular flexibility index (Phi) is 7.99. The maximum Gasteiger partial charge on any atom is 0.338 e. The van der Waals surface area contributed by atoms with Crippen LogP contribution in [0.2, 0.25) is 5.02 Å². The molecule has 0 saturated carbocycles. The van der Waals surface area contributed by atoms with Gasteiger partial charge in [-0.05, 0) is 67.9 Å². The first-order chi connectivity index (χ1) is 15.9. The molecule has 0 saturated heterocycles. The number of carbonyl (C=O) groups excluding carboxylic acids is 3. The SMILES string of the molecule is CCOC(=O)c1ccc(NC(=O)C(=O)NCc2ccc(C=Nc3ccc(C)c(Cl)c3)o2)cc1. The lowest BCUT2D eigenvalue weighted by molar-refractivity contribution is -0.136. The molecule has 0 atom stereocenters. The van der Waals surface area contributed by atoms with E-state index < -0.39 is 17.8 Å². The number of anilines is 1. The van der Waals surface area contributed by atoms with Crippen molar-refractivity contribution < 1.29 is 23.5 Å². The highest BCUT2D eigenvalue weighted by atomic mass is 35.5. The first-order valence-corrected chi connectivity index (χ1v) is 10.5. The second kappa shape index (κ2) is 11.1. The zero-order valence-corrected chi connectivity index (χ0v) is 18.8. The molecule has 2 amide bonds. The molecule has 2 N–H and O–H groups in total. The van der Waals surface area contributed by atoms with Crippen molar-refractivity contribution >= 4 is 47.0 Å². The third kappa shape index (κ3) is 6.78. The number of aliphatic imine (C=N–C) groups is 1. The van der Waals surface area contributed by atoms with Gasteiger partial charge in [-0.2, -0.15) is 0 Å². The van der Waals surface area contributed by atoms with E-state index in [-0.39, 0.29) is 13.2 Å². The van der Waals surface area contributed by atoms with Crippen LogP contribution in [0.25, 0.3) is 0 Å². The smallest absolute Gasteiger partial charge is 0.338 e. The zero-order chi connectivity index (χ0) is 23.8. The van der Waals surface area contributed by atoms with Crippen molar-refractivity contribution in [2.45, 2.75) is 20.4 Å². The maximum atomic E-state index is 12.1. The summed E-state index contributed by atoms with van der Waals surface area (Å²) in [5, 5.41) is 5.57. The number of esters is 1. The molecule has 8 nitrogen and oxygen atoms in total. The van der Waals surface area contributed by atoms with Crippen LogP contribution >= 0.6 is 11.6 Å². The molecule has 0 aliphatic heterocycles. The Labute approximate surface area is 195 Å². The summed E-state index contributed by atoms with van der Waals surface area (Å²) in [7, 11) is 0. The van der Waals surface area contributed by atoms with E-state index in [0.717, 1.165) is 5.56 Å². The van der Waals surface area contributed by atoms with Crippen molar-refractivity contribution in [2.24, 2.45) is 4.99 Å². The van der Waals surface area contributed by atoms with Crippen molar-refractivity contribution in [3.63, 3.8) is 0 Å². The normalized spacial score (nSPS) is 10.8. The van der Waals surface area contributed by atoms with E-state index >= 15 is 0 Å². The molecule has 0 radical (unpaired) electrons. The summed E-state index contributed by atoms with van der Waals surface area (Å²) in [6, 6.07) is 14.9. The molecule has 2 aromatic carbocycles. The lowest BCUT2D eigenvalue weighted by atomic mass is 10.2. The van der Waals surface area contributed by atoms with Crippen LogP contribution in [0.5, 0.6) is 0 Å². The minimum atomic E-state index is -0.844. The number of halogens is 1. The van der Waals surface area contributed by atoms with E-state index in [2.05, 4.69) is 15.6 Å². The Hall–Kier alpha value is -3.91. The average Bonchev–Trinajstić information content (AvgIpc) is 3.26. The number of hydrogen-bond acceptors (Lipinski definition) is 6. The maximum absolute atomic E-state index is 12.1. The van der Waals surface area contributed by atoms with E-state index in [4.69, 9.17) is 20.8 Å². The third-order valence-electron chi connectivity index (χ3n) is 4.46. The Morgan fingerprint density at radius 1 is 1.06 bits per heavy atom. The van der Waals surface area contributed by atoms with Crippen LogP contribution in [-0.2, 0) is 20.9 Å². The predicted octanol–water partition coefficient (Wildman–Crippen LogP) is 4.42. The van der Waals surface area contributed by atoms with Gasteiger partial charge in [0.2, 0.25) is 0 Å². The number of ether oxygens (including phenoxy) is 1. The fraction of sp³-hybridized carbons (Fsp3) is 0.167. The summed E-state index contributed by atoms with van der Waals surface area (Å²) in [5.74, 6) is -1.19. The summed E-state index contributed by atoms with van der Waals surface area (Å²) in [4.78, 5) is 40.1. The summed E-state index contributed by atoms with van der Waals surface area (Å²) in [5.41, 5.74) is 2.37. The molecule has 33 heavy (non-hydrogen) atoms. The van der Waals surface area contributed by atoms with E-state index in [9.17, 15) is 14.4 Å².